The summed E-state index contributed by atoms with van der Waals surface area (Å²) in [6.45, 7) is 1.83. The van der Waals surface area contributed by atoms with Gasteiger partial charge in [-0.2, -0.15) is 5.10 Å². The van der Waals surface area contributed by atoms with Gasteiger partial charge in [-0.15, -0.1) is 0 Å². The highest BCUT2D eigenvalue weighted by Gasteiger charge is 2.21. The van der Waals surface area contributed by atoms with E-state index in [0.717, 1.165) is 19.5 Å². The predicted octanol–water partition coefficient (Wildman–Crippen LogP) is 2.76. The van der Waals surface area contributed by atoms with E-state index in [4.69, 9.17) is 11.5 Å². The molecule has 164 valence electrons. The fraction of sp³-hybridized carbons (Fsp3) is 0.227. The number of nitrogens with two attached hydrogens (primary N) is 2. The summed E-state index contributed by atoms with van der Waals surface area (Å²) in [6, 6.07) is 10.8. The van der Waals surface area contributed by atoms with Gasteiger partial charge in [0.15, 0.2) is 17.5 Å². The van der Waals surface area contributed by atoms with Crippen LogP contribution in [0.1, 0.15) is 12.0 Å². The van der Waals surface area contributed by atoms with Gasteiger partial charge < -0.3 is 22.1 Å². The van der Waals surface area contributed by atoms with Gasteiger partial charge >= 0.3 is 0 Å². The minimum atomic E-state index is -0.427. The highest BCUT2D eigenvalue weighted by molar-refractivity contribution is 5.92. The van der Waals surface area contributed by atoms with Gasteiger partial charge in [0.1, 0.15) is 23.0 Å². The lowest BCUT2D eigenvalue weighted by atomic mass is 10.2. The van der Waals surface area contributed by atoms with E-state index in [1.807, 2.05) is 0 Å². The number of aromatic nitrogens is 4. The monoisotopic (exact) mass is 436 g/mol. The molecule has 1 aliphatic rings. The minimum absolute atomic E-state index is 0.117. The van der Waals surface area contributed by atoms with E-state index in [-0.39, 0.29) is 35.9 Å². The summed E-state index contributed by atoms with van der Waals surface area (Å²) in [5, 5.41) is 11.7. The molecular weight excluding hydrogens is 414 g/mol. The van der Waals surface area contributed by atoms with Gasteiger partial charge in [-0.3, -0.25) is 4.68 Å². The maximum absolute atomic E-state index is 14.2. The number of nitrogens with zero attached hydrogens (tertiary/aromatic N) is 4. The zero-order valence-electron chi connectivity index (χ0n) is 17.1. The van der Waals surface area contributed by atoms with Gasteiger partial charge in [0, 0.05) is 23.5 Å². The topological polar surface area (TPSA) is 120 Å². The van der Waals surface area contributed by atoms with Crippen LogP contribution in [-0.4, -0.2) is 38.9 Å². The van der Waals surface area contributed by atoms with Crippen LogP contribution in [0.2, 0.25) is 0 Å². The summed E-state index contributed by atoms with van der Waals surface area (Å²) in [4.78, 5) is 8.83. The fourth-order valence-corrected chi connectivity index (χ4v) is 3.95. The van der Waals surface area contributed by atoms with Crippen molar-refractivity contribution in [1.29, 1.82) is 0 Å². The van der Waals surface area contributed by atoms with Crippen molar-refractivity contribution in [2.24, 2.45) is 0 Å². The second kappa shape index (κ2) is 8.04. The first-order valence-corrected chi connectivity index (χ1v) is 10.3. The predicted molar refractivity (Wildman–Crippen MR) is 120 cm³/mol. The van der Waals surface area contributed by atoms with Crippen LogP contribution in [0.4, 0.5) is 26.1 Å². The number of halogens is 2. The standard InChI is InChI=1S/C22H22F2N8/c23-13-5-6-15-17(9-13)32(11-12-3-1-2-4-16(12)24)31-18(15)22-29-20(25)19(21(26)30-22)28-14-7-8-27-10-14/h1-6,9,14,27-28H,7-8,10-11H2,(H4,25,26,29,30). The summed E-state index contributed by atoms with van der Waals surface area (Å²) in [7, 11) is 0. The SMILES string of the molecule is Nc1nc(-c2nn(Cc3ccccc3F)c3cc(F)ccc23)nc(N)c1NC1CCNC1. The van der Waals surface area contributed by atoms with Gasteiger partial charge in [0.2, 0.25) is 0 Å². The molecule has 4 aromatic rings. The van der Waals surface area contributed by atoms with Crippen LogP contribution >= 0.6 is 0 Å². The molecule has 5 rings (SSSR count). The summed E-state index contributed by atoms with van der Waals surface area (Å²) in [6.07, 6.45) is 0.942. The zero-order valence-corrected chi connectivity index (χ0v) is 17.1. The molecule has 32 heavy (non-hydrogen) atoms. The Hall–Kier alpha value is -3.79. The largest absolute Gasteiger partial charge is 0.382 e. The number of hydrogen-bond donors (Lipinski definition) is 4. The quantitative estimate of drug-likeness (QED) is 0.380. The van der Waals surface area contributed by atoms with Crippen LogP contribution < -0.4 is 22.1 Å². The number of benzene rings is 2. The van der Waals surface area contributed by atoms with Crippen LogP contribution in [0.5, 0.6) is 0 Å². The molecule has 1 saturated heterocycles. The third-order valence-corrected chi connectivity index (χ3v) is 5.58. The van der Waals surface area contributed by atoms with Gasteiger partial charge in [0.25, 0.3) is 0 Å². The molecular formula is C22H22F2N8. The molecule has 3 heterocycles. The first-order valence-electron chi connectivity index (χ1n) is 10.3. The Morgan fingerprint density at radius 1 is 1.09 bits per heavy atom. The number of rotatable bonds is 5. The molecule has 1 atom stereocenters. The maximum Gasteiger partial charge on any atom is 0.184 e. The Morgan fingerprint density at radius 2 is 1.88 bits per heavy atom. The Bertz CT molecular complexity index is 1270. The van der Waals surface area contributed by atoms with Gasteiger partial charge in [-0.1, -0.05) is 18.2 Å². The Balaban J connectivity index is 1.57. The third-order valence-electron chi connectivity index (χ3n) is 5.58. The number of hydrogen-bond acceptors (Lipinski definition) is 7. The molecule has 1 fully saturated rings. The first-order chi connectivity index (χ1) is 15.5. The van der Waals surface area contributed by atoms with E-state index >= 15 is 0 Å². The van der Waals surface area contributed by atoms with E-state index in [2.05, 4.69) is 25.7 Å². The van der Waals surface area contributed by atoms with E-state index in [1.165, 1.54) is 22.9 Å². The minimum Gasteiger partial charge on any atom is -0.382 e. The van der Waals surface area contributed by atoms with Gasteiger partial charge in [-0.25, -0.2) is 18.7 Å². The number of anilines is 3. The molecule has 0 aliphatic carbocycles. The second-order valence-corrected chi connectivity index (χ2v) is 7.79. The Kier molecular flexibility index (Phi) is 5.06. The second-order valence-electron chi connectivity index (χ2n) is 7.79. The molecule has 0 bridgehead atoms. The lowest BCUT2D eigenvalue weighted by Crippen LogP contribution is -2.24. The van der Waals surface area contributed by atoms with Crippen molar-refractivity contribution < 1.29 is 8.78 Å². The van der Waals surface area contributed by atoms with Crippen molar-refractivity contribution in [3.05, 3.63) is 59.7 Å². The van der Waals surface area contributed by atoms with E-state index in [0.29, 0.717) is 27.8 Å². The molecule has 0 amide bonds. The first kappa shape index (κ1) is 20.1. The Labute approximate surface area is 182 Å². The molecule has 0 radical (unpaired) electrons. The van der Waals surface area contributed by atoms with Crippen LogP contribution in [0.3, 0.4) is 0 Å². The molecule has 2 aromatic heterocycles. The normalized spacial score (nSPS) is 16.0. The third kappa shape index (κ3) is 3.69. The molecule has 6 N–H and O–H groups in total. The van der Waals surface area contributed by atoms with Crippen LogP contribution in [0, 0.1) is 11.6 Å². The van der Waals surface area contributed by atoms with E-state index < -0.39 is 5.82 Å². The van der Waals surface area contributed by atoms with Crippen LogP contribution in [-0.2, 0) is 6.54 Å². The lowest BCUT2D eigenvalue weighted by molar-refractivity contribution is 0.589. The average molecular weight is 436 g/mol. The number of fused-ring (bicyclic) bond motifs is 1. The highest BCUT2D eigenvalue weighted by Crippen LogP contribution is 2.32. The fourth-order valence-electron chi connectivity index (χ4n) is 3.95. The summed E-state index contributed by atoms with van der Waals surface area (Å²) in [5.74, 6) is -0.158. The van der Waals surface area contributed by atoms with Gasteiger partial charge in [0.05, 0.1) is 12.1 Å². The molecule has 2 aromatic carbocycles. The zero-order chi connectivity index (χ0) is 22.2. The van der Waals surface area contributed by atoms with Crippen molar-refractivity contribution in [2.75, 3.05) is 29.9 Å². The van der Waals surface area contributed by atoms with Gasteiger partial charge in [-0.05, 0) is 37.2 Å². The number of nitrogen functional groups attached to an aromatic ring is 2. The molecule has 8 nitrogen and oxygen atoms in total. The van der Waals surface area contributed by atoms with E-state index in [1.54, 1.807) is 24.3 Å². The molecule has 0 spiro atoms. The summed E-state index contributed by atoms with van der Waals surface area (Å²) >= 11 is 0. The summed E-state index contributed by atoms with van der Waals surface area (Å²) in [5.41, 5.74) is 14.2. The summed E-state index contributed by atoms with van der Waals surface area (Å²) < 4.78 is 29.8. The number of nitrogens with one attached hydrogen (secondary N) is 2. The van der Waals surface area contributed by atoms with Crippen molar-refractivity contribution >= 4 is 28.2 Å². The molecule has 0 saturated carbocycles. The van der Waals surface area contributed by atoms with Crippen molar-refractivity contribution in [3.63, 3.8) is 0 Å². The molecule has 10 heteroatoms. The van der Waals surface area contributed by atoms with E-state index in [9.17, 15) is 8.78 Å². The lowest BCUT2D eigenvalue weighted by Gasteiger charge is -2.16. The maximum atomic E-state index is 14.2. The van der Waals surface area contributed by atoms with Crippen LogP contribution in [0.25, 0.3) is 22.4 Å². The highest BCUT2D eigenvalue weighted by atomic mass is 19.1. The molecule has 1 aliphatic heterocycles. The van der Waals surface area contributed by atoms with Crippen molar-refractivity contribution in [2.45, 2.75) is 19.0 Å². The van der Waals surface area contributed by atoms with Crippen LogP contribution in [0.15, 0.2) is 42.5 Å². The average Bonchev–Trinajstić information content (AvgIpc) is 3.40. The molecule has 1 unspecified atom stereocenters. The van der Waals surface area contributed by atoms with Crippen molar-refractivity contribution in [1.82, 2.24) is 25.1 Å². The van der Waals surface area contributed by atoms with Crippen molar-refractivity contribution in [3.8, 4) is 11.5 Å². The Morgan fingerprint density at radius 3 is 2.59 bits per heavy atom. The smallest absolute Gasteiger partial charge is 0.184 e.